The number of alkyl halides is 2. The quantitative estimate of drug-likeness (QED) is 0.361. The van der Waals surface area contributed by atoms with Gasteiger partial charge in [-0.25, -0.2) is 9.37 Å². The second kappa shape index (κ2) is 6.31. The van der Waals surface area contributed by atoms with Crippen molar-refractivity contribution in [1.29, 1.82) is 0 Å². The van der Waals surface area contributed by atoms with Gasteiger partial charge in [-0.05, 0) is 30.7 Å². The number of thioether (sulfide) groups is 1. The van der Waals surface area contributed by atoms with E-state index in [-0.39, 0.29) is 17.2 Å². The van der Waals surface area contributed by atoms with E-state index < -0.39 is 10.2 Å². The fourth-order valence-corrected chi connectivity index (χ4v) is 4.62. The molecule has 0 bridgehead atoms. The lowest BCUT2D eigenvalue weighted by atomic mass is 10.2. The van der Waals surface area contributed by atoms with Crippen LogP contribution >= 0.6 is 35.0 Å². The summed E-state index contributed by atoms with van der Waals surface area (Å²) in [6.07, 6.45) is 0.709. The van der Waals surface area contributed by atoms with Gasteiger partial charge in [0.05, 0.1) is 16.6 Å². The third-order valence-electron chi connectivity index (χ3n) is 4.21. The molecule has 3 nitrogen and oxygen atoms in total. The Morgan fingerprint density at radius 2 is 1.88 bits per heavy atom. The number of para-hydroxylation sites is 2. The van der Waals surface area contributed by atoms with Crippen LogP contribution in [0.4, 0.5) is 4.39 Å². The number of benzene rings is 2. The predicted molar refractivity (Wildman–Crippen MR) is 101 cm³/mol. The summed E-state index contributed by atoms with van der Waals surface area (Å²) in [5.74, 6) is 0.281. The van der Waals surface area contributed by atoms with Crippen LogP contribution in [0.3, 0.4) is 0 Å². The molecule has 1 fully saturated rings. The number of nitrogens with zero attached hydrogens (tertiary/aromatic N) is 2. The highest BCUT2D eigenvalue weighted by Gasteiger charge is 2.51. The summed E-state index contributed by atoms with van der Waals surface area (Å²) in [5.41, 5.74) is 0.477. The molecule has 0 aliphatic heterocycles. The van der Waals surface area contributed by atoms with Crippen molar-refractivity contribution in [1.82, 2.24) is 9.55 Å². The molecule has 25 heavy (non-hydrogen) atoms. The van der Waals surface area contributed by atoms with Gasteiger partial charge in [0.25, 0.3) is 5.56 Å². The maximum Gasteiger partial charge on any atom is 0.266 e. The van der Waals surface area contributed by atoms with E-state index in [1.54, 1.807) is 36.4 Å². The molecule has 0 saturated heterocycles. The van der Waals surface area contributed by atoms with Crippen LogP contribution in [0.5, 0.6) is 0 Å². The summed E-state index contributed by atoms with van der Waals surface area (Å²) in [7, 11) is 0. The largest absolute Gasteiger partial charge is 0.268 e. The Kier molecular flexibility index (Phi) is 4.26. The standard InChI is InChI=1S/C18H13Cl2FN2OS/c19-18(20)9-11(18)10-25-17-22-14-7-3-1-5-12(14)16(24)23(17)15-8-4-2-6-13(15)21/h1-8,11H,9-10H2/t11-/m0/s1. The molecule has 3 aromatic rings. The summed E-state index contributed by atoms with van der Waals surface area (Å²) in [4.78, 5) is 17.6. The zero-order chi connectivity index (χ0) is 17.6. The third kappa shape index (κ3) is 3.16. The van der Waals surface area contributed by atoms with Gasteiger partial charge in [0.2, 0.25) is 0 Å². The molecule has 0 radical (unpaired) electrons. The zero-order valence-electron chi connectivity index (χ0n) is 13.0. The second-order valence-electron chi connectivity index (χ2n) is 5.98. The Hall–Kier alpha value is -1.56. The first kappa shape index (κ1) is 16.9. The summed E-state index contributed by atoms with van der Waals surface area (Å²) in [5, 5.41) is 0.885. The van der Waals surface area contributed by atoms with Crippen LogP contribution < -0.4 is 5.56 Å². The van der Waals surface area contributed by atoms with Crippen molar-refractivity contribution in [3.63, 3.8) is 0 Å². The lowest BCUT2D eigenvalue weighted by molar-refractivity contribution is 0.608. The molecule has 1 aliphatic rings. The predicted octanol–water partition coefficient (Wildman–Crippen LogP) is 4.81. The SMILES string of the molecule is O=c1c2ccccc2nc(SC[C@@H]2CC2(Cl)Cl)n1-c1ccccc1F. The van der Waals surface area contributed by atoms with Gasteiger partial charge in [-0.2, -0.15) is 0 Å². The average molecular weight is 395 g/mol. The number of halogens is 3. The maximum absolute atomic E-state index is 14.3. The summed E-state index contributed by atoms with van der Waals surface area (Å²) < 4.78 is 15.0. The summed E-state index contributed by atoms with van der Waals surface area (Å²) in [6, 6.07) is 13.2. The van der Waals surface area contributed by atoms with E-state index in [2.05, 4.69) is 4.98 Å². The lowest BCUT2D eigenvalue weighted by Gasteiger charge is -2.13. The van der Waals surface area contributed by atoms with E-state index in [1.807, 2.05) is 6.07 Å². The molecule has 0 N–H and O–H groups in total. The first-order valence-corrected chi connectivity index (χ1v) is 9.49. The molecule has 2 aromatic carbocycles. The molecule has 0 unspecified atom stereocenters. The van der Waals surface area contributed by atoms with E-state index in [4.69, 9.17) is 23.2 Å². The van der Waals surface area contributed by atoms with Gasteiger partial charge in [0.15, 0.2) is 5.16 Å². The van der Waals surface area contributed by atoms with Crippen LogP contribution in [-0.4, -0.2) is 19.6 Å². The average Bonchev–Trinajstić information content (AvgIpc) is 3.21. The summed E-state index contributed by atoms with van der Waals surface area (Å²) >= 11 is 13.5. The molecule has 4 rings (SSSR count). The van der Waals surface area contributed by atoms with Crippen molar-refractivity contribution in [3.8, 4) is 5.69 Å². The van der Waals surface area contributed by atoms with Crippen molar-refractivity contribution < 1.29 is 4.39 Å². The Labute approximate surface area is 157 Å². The topological polar surface area (TPSA) is 34.9 Å². The van der Waals surface area contributed by atoms with Crippen molar-refractivity contribution in [2.75, 3.05) is 5.75 Å². The molecule has 1 atom stereocenters. The number of rotatable bonds is 4. The number of aromatic nitrogens is 2. The third-order valence-corrected chi connectivity index (χ3v) is 6.23. The Morgan fingerprint density at radius 1 is 1.20 bits per heavy atom. The molecular formula is C18H13Cl2FN2OS. The Balaban J connectivity index is 1.86. The van der Waals surface area contributed by atoms with E-state index in [1.165, 1.54) is 22.4 Å². The summed E-state index contributed by atoms with van der Waals surface area (Å²) in [6.45, 7) is 0. The fourth-order valence-electron chi connectivity index (χ4n) is 2.68. The Morgan fingerprint density at radius 3 is 2.60 bits per heavy atom. The highest BCUT2D eigenvalue weighted by Crippen LogP contribution is 2.54. The minimum absolute atomic E-state index is 0.137. The molecule has 1 heterocycles. The van der Waals surface area contributed by atoms with Gasteiger partial charge in [0, 0.05) is 11.7 Å². The molecule has 1 aliphatic carbocycles. The van der Waals surface area contributed by atoms with Gasteiger partial charge in [0.1, 0.15) is 10.2 Å². The smallest absolute Gasteiger partial charge is 0.266 e. The van der Waals surface area contributed by atoms with E-state index in [9.17, 15) is 9.18 Å². The zero-order valence-corrected chi connectivity index (χ0v) is 15.3. The van der Waals surface area contributed by atoms with Gasteiger partial charge in [-0.1, -0.05) is 36.0 Å². The van der Waals surface area contributed by atoms with Gasteiger partial charge in [-0.15, -0.1) is 23.2 Å². The fraction of sp³-hybridized carbons (Fsp3) is 0.222. The molecule has 7 heteroatoms. The van der Waals surface area contributed by atoms with Crippen molar-refractivity contribution in [2.45, 2.75) is 15.9 Å². The van der Waals surface area contributed by atoms with E-state index >= 15 is 0 Å². The number of hydrogen-bond acceptors (Lipinski definition) is 3. The first-order valence-electron chi connectivity index (χ1n) is 7.75. The second-order valence-corrected chi connectivity index (χ2v) is 8.51. The monoisotopic (exact) mass is 394 g/mol. The first-order chi connectivity index (χ1) is 12.0. The molecule has 1 saturated carbocycles. The number of fused-ring (bicyclic) bond motifs is 1. The van der Waals surface area contributed by atoms with Gasteiger partial charge >= 0.3 is 0 Å². The maximum atomic E-state index is 14.3. The van der Waals surface area contributed by atoms with Crippen LogP contribution in [0.2, 0.25) is 0 Å². The van der Waals surface area contributed by atoms with Crippen molar-refractivity contribution in [3.05, 3.63) is 64.7 Å². The van der Waals surface area contributed by atoms with Crippen LogP contribution in [0.25, 0.3) is 16.6 Å². The van der Waals surface area contributed by atoms with Crippen LogP contribution in [0, 0.1) is 11.7 Å². The molecule has 0 amide bonds. The lowest BCUT2D eigenvalue weighted by Crippen LogP contribution is -2.22. The molecular weight excluding hydrogens is 382 g/mol. The van der Waals surface area contributed by atoms with Crippen LogP contribution in [-0.2, 0) is 0 Å². The van der Waals surface area contributed by atoms with Crippen molar-refractivity contribution in [2.24, 2.45) is 5.92 Å². The van der Waals surface area contributed by atoms with E-state index in [0.29, 0.717) is 28.2 Å². The van der Waals surface area contributed by atoms with Crippen LogP contribution in [0.15, 0.2) is 58.5 Å². The van der Waals surface area contributed by atoms with Crippen LogP contribution in [0.1, 0.15) is 6.42 Å². The van der Waals surface area contributed by atoms with Gasteiger partial charge < -0.3 is 0 Å². The number of hydrogen-bond donors (Lipinski definition) is 0. The molecule has 128 valence electrons. The highest BCUT2D eigenvalue weighted by atomic mass is 35.5. The normalized spacial score (nSPS) is 18.4. The minimum atomic E-state index is -0.701. The van der Waals surface area contributed by atoms with Crippen molar-refractivity contribution >= 4 is 45.9 Å². The van der Waals surface area contributed by atoms with Gasteiger partial charge in [-0.3, -0.25) is 9.36 Å². The molecule has 1 aromatic heterocycles. The Bertz CT molecular complexity index is 1020. The minimum Gasteiger partial charge on any atom is -0.268 e. The highest BCUT2D eigenvalue weighted by molar-refractivity contribution is 7.99. The molecule has 0 spiro atoms. The van der Waals surface area contributed by atoms with E-state index in [0.717, 1.165) is 0 Å².